The summed E-state index contributed by atoms with van der Waals surface area (Å²) in [5, 5.41) is 9.60. The molecule has 1 aromatic heterocycles. The van der Waals surface area contributed by atoms with Gasteiger partial charge in [-0.05, 0) is 44.1 Å². The minimum Gasteiger partial charge on any atom is -0.354 e. The average Bonchev–Trinajstić information content (AvgIpc) is 3.24. The van der Waals surface area contributed by atoms with Gasteiger partial charge in [0.25, 0.3) is 0 Å². The van der Waals surface area contributed by atoms with Crippen LogP contribution in [0.1, 0.15) is 37.7 Å². The first-order chi connectivity index (χ1) is 10.3. The molecule has 2 fully saturated rings. The van der Waals surface area contributed by atoms with Gasteiger partial charge in [-0.1, -0.05) is 0 Å². The monoisotopic (exact) mass is 290 g/mol. The normalized spacial score (nSPS) is 22.1. The number of aromatic nitrogens is 2. The van der Waals surface area contributed by atoms with Gasteiger partial charge in [0.15, 0.2) is 0 Å². The van der Waals surface area contributed by atoms with Gasteiger partial charge in [-0.2, -0.15) is 5.10 Å². The highest BCUT2D eigenvalue weighted by Gasteiger charge is 2.39. The maximum absolute atomic E-state index is 12.4. The van der Waals surface area contributed by atoms with Crippen LogP contribution in [0, 0.1) is 5.92 Å². The lowest BCUT2D eigenvalue weighted by Crippen LogP contribution is -2.52. The van der Waals surface area contributed by atoms with Gasteiger partial charge in [0, 0.05) is 25.2 Å². The van der Waals surface area contributed by atoms with Crippen LogP contribution in [0.15, 0.2) is 12.4 Å². The SMILES string of the molecule is O=C(NCCc1cn[nH]c1)[C@H]1CCCCN1C(=O)C1CC1. The summed E-state index contributed by atoms with van der Waals surface area (Å²) in [7, 11) is 0. The fraction of sp³-hybridized carbons (Fsp3) is 0.667. The second-order valence-corrected chi connectivity index (χ2v) is 5.97. The molecule has 1 aliphatic heterocycles. The first kappa shape index (κ1) is 14.1. The molecule has 2 aliphatic rings. The van der Waals surface area contributed by atoms with Crippen molar-refractivity contribution in [3.8, 4) is 0 Å². The summed E-state index contributed by atoms with van der Waals surface area (Å²) in [4.78, 5) is 26.4. The Hall–Kier alpha value is -1.85. The van der Waals surface area contributed by atoms with Crippen LogP contribution in [0.2, 0.25) is 0 Å². The maximum Gasteiger partial charge on any atom is 0.242 e. The summed E-state index contributed by atoms with van der Waals surface area (Å²) in [6.45, 7) is 1.31. The summed E-state index contributed by atoms with van der Waals surface area (Å²) in [5.41, 5.74) is 1.07. The second kappa shape index (κ2) is 6.28. The fourth-order valence-electron chi connectivity index (χ4n) is 2.89. The smallest absolute Gasteiger partial charge is 0.242 e. The maximum atomic E-state index is 12.4. The van der Waals surface area contributed by atoms with E-state index in [1.165, 1.54) is 0 Å². The van der Waals surface area contributed by atoms with Crippen molar-refractivity contribution in [2.75, 3.05) is 13.1 Å². The Morgan fingerprint density at radius 1 is 1.33 bits per heavy atom. The van der Waals surface area contributed by atoms with Crippen LogP contribution < -0.4 is 5.32 Å². The number of nitrogens with one attached hydrogen (secondary N) is 2. The van der Waals surface area contributed by atoms with Crippen LogP contribution in [-0.2, 0) is 16.0 Å². The molecule has 1 saturated heterocycles. The van der Waals surface area contributed by atoms with Crippen molar-refractivity contribution in [3.05, 3.63) is 18.0 Å². The van der Waals surface area contributed by atoms with E-state index in [0.29, 0.717) is 6.54 Å². The van der Waals surface area contributed by atoms with E-state index < -0.39 is 0 Å². The highest BCUT2D eigenvalue weighted by molar-refractivity contribution is 5.89. The molecule has 2 N–H and O–H groups in total. The largest absolute Gasteiger partial charge is 0.354 e. The summed E-state index contributed by atoms with van der Waals surface area (Å²) >= 11 is 0. The number of nitrogens with zero attached hydrogens (tertiary/aromatic N) is 2. The number of likely N-dealkylation sites (tertiary alicyclic amines) is 1. The Morgan fingerprint density at radius 2 is 2.19 bits per heavy atom. The van der Waals surface area contributed by atoms with Gasteiger partial charge in [-0.3, -0.25) is 14.7 Å². The predicted octanol–water partition coefficient (Wildman–Crippen LogP) is 0.859. The zero-order valence-corrected chi connectivity index (χ0v) is 12.2. The number of hydrogen-bond acceptors (Lipinski definition) is 3. The van der Waals surface area contributed by atoms with Crippen molar-refractivity contribution in [1.29, 1.82) is 0 Å². The third-order valence-electron chi connectivity index (χ3n) is 4.28. The molecule has 6 nitrogen and oxygen atoms in total. The lowest BCUT2D eigenvalue weighted by molar-refractivity contribution is -0.143. The van der Waals surface area contributed by atoms with E-state index >= 15 is 0 Å². The molecule has 3 rings (SSSR count). The summed E-state index contributed by atoms with van der Waals surface area (Å²) < 4.78 is 0. The van der Waals surface area contributed by atoms with E-state index in [-0.39, 0.29) is 23.8 Å². The van der Waals surface area contributed by atoms with E-state index in [1.807, 2.05) is 11.1 Å². The zero-order valence-electron chi connectivity index (χ0n) is 12.2. The Balaban J connectivity index is 1.52. The van der Waals surface area contributed by atoms with Crippen molar-refractivity contribution in [3.63, 3.8) is 0 Å². The summed E-state index contributed by atoms with van der Waals surface area (Å²) in [6, 6.07) is -0.267. The molecular formula is C15H22N4O2. The van der Waals surface area contributed by atoms with Gasteiger partial charge in [-0.25, -0.2) is 0 Å². The van der Waals surface area contributed by atoms with Crippen LogP contribution in [0.4, 0.5) is 0 Å². The van der Waals surface area contributed by atoms with Crippen molar-refractivity contribution >= 4 is 11.8 Å². The lowest BCUT2D eigenvalue weighted by Gasteiger charge is -2.34. The predicted molar refractivity (Wildman–Crippen MR) is 77.4 cm³/mol. The number of aromatic amines is 1. The Morgan fingerprint density at radius 3 is 2.90 bits per heavy atom. The molecule has 0 radical (unpaired) electrons. The highest BCUT2D eigenvalue weighted by Crippen LogP contribution is 2.33. The first-order valence-corrected chi connectivity index (χ1v) is 7.81. The number of H-pyrrole nitrogens is 1. The van der Waals surface area contributed by atoms with Crippen LogP contribution in [0.3, 0.4) is 0 Å². The number of carbonyl (C=O) groups excluding carboxylic acids is 2. The number of rotatable bonds is 5. The summed E-state index contributed by atoms with van der Waals surface area (Å²) in [6.07, 6.45) is 9.15. The van der Waals surface area contributed by atoms with E-state index in [9.17, 15) is 9.59 Å². The molecule has 0 aromatic carbocycles. The van der Waals surface area contributed by atoms with E-state index in [4.69, 9.17) is 0 Å². The van der Waals surface area contributed by atoms with Crippen molar-refractivity contribution < 1.29 is 9.59 Å². The third-order valence-corrected chi connectivity index (χ3v) is 4.28. The number of piperidine rings is 1. The molecule has 2 heterocycles. The molecule has 2 amide bonds. The standard InChI is InChI=1S/C15H22N4O2/c20-14(16-7-6-11-9-17-18-10-11)13-3-1-2-8-19(13)15(21)12-4-5-12/h9-10,12-13H,1-8H2,(H,16,20)(H,17,18)/t13-/m1/s1. The topological polar surface area (TPSA) is 78.1 Å². The quantitative estimate of drug-likeness (QED) is 0.844. The molecule has 1 aliphatic carbocycles. The fourth-order valence-corrected chi connectivity index (χ4v) is 2.89. The van der Waals surface area contributed by atoms with E-state index in [1.54, 1.807) is 6.20 Å². The third kappa shape index (κ3) is 3.43. The Labute approximate surface area is 124 Å². The van der Waals surface area contributed by atoms with Crippen LogP contribution in [-0.4, -0.2) is 46.0 Å². The van der Waals surface area contributed by atoms with Crippen LogP contribution in [0.25, 0.3) is 0 Å². The molecule has 0 bridgehead atoms. The minimum absolute atomic E-state index is 0.00723. The van der Waals surface area contributed by atoms with E-state index in [0.717, 1.165) is 50.6 Å². The van der Waals surface area contributed by atoms with Gasteiger partial charge >= 0.3 is 0 Å². The molecule has 114 valence electrons. The molecule has 21 heavy (non-hydrogen) atoms. The highest BCUT2D eigenvalue weighted by atomic mass is 16.2. The summed E-state index contributed by atoms with van der Waals surface area (Å²) in [5.74, 6) is 0.362. The number of carbonyl (C=O) groups is 2. The number of amides is 2. The molecule has 0 spiro atoms. The van der Waals surface area contributed by atoms with Crippen LogP contribution in [0.5, 0.6) is 0 Å². The molecule has 1 saturated carbocycles. The minimum atomic E-state index is -0.267. The van der Waals surface area contributed by atoms with Crippen LogP contribution >= 0.6 is 0 Å². The zero-order chi connectivity index (χ0) is 14.7. The molecule has 1 aromatic rings. The Bertz CT molecular complexity index is 496. The molecule has 0 unspecified atom stereocenters. The van der Waals surface area contributed by atoms with Gasteiger partial charge in [0.05, 0.1) is 6.20 Å². The van der Waals surface area contributed by atoms with E-state index in [2.05, 4.69) is 15.5 Å². The van der Waals surface area contributed by atoms with Gasteiger partial charge < -0.3 is 10.2 Å². The van der Waals surface area contributed by atoms with Gasteiger partial charge in [0.1, 0.15) is 6.04 Å². The molecular weight excluding hydrogens is 268 g/mol. The van der Waals surface area contributed by atoms with Crippen molar-refractivity contribution in [2.45, 2.75) is 44.6 Å². The first-order valence-electron chi connectivity index (χ1n) is 7.81. The van der Waals surface area contributed by atoms with Gasteiger partial charge in [0.2, 0.25) is 11.8 Å². The van der Waals surface area contributed by atoms with Crippen molar-refractivity contribution in [1.82, 2.24) is 20.4 Å². The second-order valence-electron chi connectivity index (χ2n) is 5.97. The molecule has 1 atom stereocenters. The van der Waals surface area contributed by atoms with Crippen molar-refractivity contribution in [2.24, 2.45) is 5.92 Å². The number of hydrogen-bond donors (Lipinski definition) is 2. The Kier molecular flexibility index (Phi) is 4.22. The molecule has 6 heteroatoms. The van der Waals surface area contributed by atoms with Gasteiger partial charge in [-0.15, -0.1) is 0 Å². The average molecular weight is 290 g/mol. The lowest BCUT2D eigenvalue weighted by atomic mass is 10.0.